The van der Waals surface area contributed by atoms with E-state index in [4.69, 9.17) is 4.74 Å². The van der Waals surface area contributed by atoms with E-state index in [0.717, 1.165) is 0 Å². The van der Waals surface area contributed by atoms with Gasteiger partial charge in [0.15, 0.2) is 5.16 Å². The molecule has 16 heavy (non-hydrogen) atoms. The third kappa shape index (κ3) is 3.10. The number of rotatable bonds is 4. The fourth-order valence-corrected chi connectivity index (χ4v) is 1.84. The summed E-state index contributed by atoms with van der Waals surface area (Å²) in [5.74, 6) is -0.425. The topological polar surface area (TPSA) is 61.2 Å². The Labute approximate surface area is 97.8 Å². The van der Waals surface area contributed by atoms with E-state index in [9.17, 15) is 9.59 Å². The van der Waals surface area contributed by atoms with E-state index in [1.165, 1.54) is 22.4 Å². The van der Waals surface area contributed by atoms with E-state index in [1.807, 2.05) is 6.26 Å². The molecule has 5 nitrogen and oxygen atoms in total. The molecule has 0 aliphatic carbocycles. The SMILES string of the molecule is CCOC(=O)Cn1c(SC)nc(C)cc1=O. The van der Waals surface area contributed by atoms with Crippen LogP contribution in [-0.4, -0.2) is 28.4 Å². The lowest BCUT2D eigenvalue weighted by Gasteiger charge is -2.09. The Bertz CT molecular complexity index is 442. The molecule has 0 atom stereocenters. The van der Waals surface area contributed by atoms with Crippen molar-refractivity contribution in [2.75, 3.05) is 12.9 Å². The lowest BCUT2D eigenvalue weighted by molar-refractivity contribution is -0.144. The molecule has 1 heterocycles. The number of ether oxygens (including phenoxy) is 1. The summed E-state index contributed by atoms with van der Waals surface area (Å²) in [4.78, 5) is 27.1. The number of aryl methyl sites for hydroxylation is 1. The molecular formula is C10H14N2O3S. The van der Waals surface area contributed by atoms with Crippen molar-refractivity contribution in [3.63, 3.8) is 0 Å². The molecular weight excluding hydrogens is 228 g/mol. The predicted octanol–water partition coefficient (Wildman–Crippen LogP) is 0.837. The summed E-state index contributed by atoms with van der Waals surface area (Å²) in [7, 11) is 0. The van der Waals surface area contributed by atoms with Crippen LogP contribution in [0.4, 0.5) is 0 Å². The first kappa shape index (κ1) is 12.8. The molecule has 0 spiro atoms. The molecule has 0 aromatic carbocycles. The molecule has 0 saturated heterocycles. The summed E-state index contributed by atoms with van der Waals surface area (Å²) >= 11 is 1.33. The van der Waals surface area contributed by atoms with Crippen LogP contribution in [0.1, 0.15) is 12.6 Å². The monoisotopic (exact) mass is 242 g/mol. The molecule has 0 aliphatic heterocycles. The molecule has 1 rings (SSSR count). The molecule has 88 valence electrons. The second kappa shape index (κ2) is 5.69. The van der Waals surface area contributed by atoms with Crippen LogP contribution in [0.15, 0.2) is 16.0 Å². The maximum Gasteiger partial charge on any atom is 0.326 e. The smallest absolute Gasteiger partial charge is 0.326 e. The largest absolute Gasteiger partial charge is 0.465 e. The highest BCUT2D eigenvalue weighted by Crippen LogP contribution is 2.09. The second-order valence-electron chi connectivity index (χ2n) is 3.11. The average Bonchev–Trinajstić information content (AvgIpc) is 2.22. The summed E-state index contributed by atoms with van der Waals surface area (Å²) in [6.07, 6.45) is 1.81. The van der Waals surface area contributed by atoms with Gasteiger partial charge in [0, 0.05) is 11.8 Å². The Hall–Kier alpha value is -1.30. The quantitative estimate of drug-likeness (QED) is 0.445. The Morgan fingerprint density at radius 2 is 2.31 bits per heavy atom. The van der Waals surface area contributed by atoms with Crippen LogP contribution in [-0.2, 0) is 16.1 Å². The maximum atomic E-state index is 11.7. The van der Waals surface area contributed by atoms with Gasteiger partial charge >= 0.3 is 5.97 Å². The molecule has 0 amide bonds. The minimum Gasteiger partial charge on any atom is -0.465 e. The van der Waals surface area contributed by atoms with Crippen LogP contribution in [0.5, 0.6) is 0 Å². The number of hydrogen-bond acceptors (Lipinski definition) is 5. The minimum absolute atomic E-state index is 0.0872. The number of esters is 1. The Kier molecular flexibility index (Phi) is 4.54. The van der Waals surface area contributed by atoms with Crippen molar-refractivity contribution in [2.24, 2.45) is 0 Å². The van der Waals surface area contributed by atoms with Crippen LogP contribution in [0, 0.1) is 6.92 Å². The lowest BCUT2D eigenvalue weighted by Crippen LogP contribution is -2.27. The fourth-order valence-electron chi connectivity index (χ4n) is 1.23. The highest BCUT2D eigenvalue weighted by Gasteiger charge is 2.10. The number of thioether (sulfide) groups is 1. The third-order valence-corrected chi connectivity index (χ3v) is 2.55. The van der Waals surface area contributed by atoms with Gasteiger partial charge in [-0.25, -0.2) is 4.98 Å². The molecule has 0 saturated carbocycles. The first-order valence-corrected chi connectivity index (χ1v) is 6.09. The van der Waals surface area contributed by atoms with E-state index in [1.54, 1.807) is 13.8 Å². The van der Waals surface area contributed by atoms with Crippen LogP contribution in [0.3, 0.4) is 0 Å². The fraction of sp³-hybridized carbons (Fsp3) is 0.500. The van der Waals surface area contributed by atoms with Crippen molar-refractivity contribution in [2.45, 2.75) is 25.5 Å². The zero-order valence-corrected chi connectivity index (χ0v) is 10.3. The van der Waals surface area contributed by atoms with E-state index >= 15 is 0 Å². The number of carbonyl (C=O) groups is 1. The Morgan fingerprint density at radius 3 is 2.88 bits per heavy atom. The van der Waals surface area contributed by atoms with Crippen LogP contribution in [0.2, 0.25) is 0 Å². The summed E-state index contributed by atoms with van der Waals surface area (Å²) in [5, 5.41) is 0.526. The molecule has 0 bridgehead atoms. The van der Waals surface area contributed by atoms with Gasteiger partial charge in [0.2, 0.25) is 0 Å². The number of aromatic nitrogens is 2. The van der Waals surface area contributed by atoms with Gasteiger partial charge in [0.1, 0.15) is 6.54 Å². The summed E-state index contributed by atoms with van der Waals surface area (Å²) in [6.45, 7) is 3.69. The van der Waals surface area contributed by atoms with Crippen molar-refractivity contribution < 1.29 is 9.53 Å². The number of nitrogens with zero attached hydrogens (tertiary/aromatic N) is 2. The van der Waals surface area contributed by atoms with Crippen LogP contribution >= 0.6 is 11.8 Å². The van der Waals surface area contributed by atoms with Crippen molar-refractivity contribution in [1.29, 1.82) is 0 Å². The van der Waals surface area contributed by atoms with E-state index in [2.05, 4.69) is 4.98 Å². The summed E-state index contributed by atoms with van der Waals surface area (Å²) in [5.41, 5.74) is 0.416. The van der Waals surface area contributed by atoms with Crippen molar-refractivity contribution in [3.8, 4) is 0 Å². The standard InChI is InChI=1S/C10H14N2O3S/c1-4-15-9(14)6-12-8(13)5-7(2)11-10(12)16-3/h5H,4,6H2,1-3H3. The van der Waals surface area contributed by atoms with Gasteiger partial charge < -0.3 is 4.74 Å². The number of hydrogen-bond donors (Lipinski definition) is 0. The molecule has 1 aromatic rings. The van der Waals surface area contributed by atoms with E-state index in [0.29, 0.717) is 17.5 Å². The lowest BCUT2D eigenvalue weighted by atomic mass is 10.4. The first-order chi connectivity index (χ1) is 7.58. The highest BCUT2D eigenvalue weighted by atomic mass is 32.2. The molecule has 0 fully saturated rings. The van der Waals surface area contributed by atoms with Gasteiger partial charge in [-0.2, -0.15) is 0 Å². The number of carbonyl (C=O) groups excluding carboxylic acids is 1. The van der Waals surface area contributed by atoms with Gasteiger partial charge in [-0.3, -0.25) is 14.2 Å². The van der Waals surface area contributed by atoms with Crippen molar-refractivity contribution in [3.05, 3.63) is 22.1 Å². The van der Waals surface area contributed by atoms with Crippen LogP contribution < -0.4 is 5.56 Å². The van der Waals surface area contributed by atoms with Crippen molar-refractivity contribution >= 4 is 17.7 Å². The molecule has 0 N–H and O–H groups in total. The van der Waals surface area contributed by atoms with Gasteiger partial charge in [0.05, 0.1) is 6.61 Å². The van der Waals surface area contributed by atoms with Gasteiger partial charge in [-0.05, 0) is 20.1 Å². The predicted molar refractivity (Wildman–Crippen MR) is 61.6 cm³/mol. The zero-order chi connectivity index (χ0) is 12.1. The van der Waals surface area contributed by atoms with E-state index < -0.39 is 5.97 Å². The molecule has 0 unspecified atom stereocenters. The summed E-state index contributed by atoms with van der Waals surface area (Å²) in [6, 6.07) is 1.40. The van der Waals surface area contributed by atoms with Gasteiger partial charge in [0.25, 0.3) is 5.56 Å². The molecule has 1 aromatic heterocycles. The Balaban J connectivity index is 3.03. The third-order valence-electron chi connectivity index (χ3n) is 1.88. The Morgan fingerprint density at radius 1 is 1.62 bits per heavy atom. The first-order valence-electron chi connectivity index (χ1n) is 4.86. The average molecular weight is 242 g/mol. The maximum absolute atomic E-state index is 11.7. The molecule has 6 heteroatoms. The van der Waals surface area contributed by atoms with E-state index in [-0.39, 0.29) is 12.1 Å². The summed E-state index contributed by atoms with van der Waals surface area (Å²) < 4.78 is 6.11. The molecule has 0 aliphatic rings. The highest BCUT2D eigenvalue weighted by molar-refractivity contribution is 7.98. The second-order valence-corrected chi connectivity index (χ2v) is 3.89. The van der Waals surface area contributed by atoms with Gasteiger partial charge in [-0.15, -0.1) is 0 Å². The van der Waals surface area contributed by atoms with Gasteiger partial charge in [-0.1, -0.05) is 11.8 Å². The zero-order valence-electron chi connectivity index (χ0n) is 9.52. The minimum atomic E-state index is -0.425. The normalized spacial score (nSPS) is 10.2. The van der Waals surface area contributed by atoms with Crippen molar-refractivity contribution in [1.82, 2.24) is 9.55 Å². The van der Waals surface area contributed by atoms with Crippen LogP contribution in [0.25, 0.3) is 0 Å². The molecule has 0 radical (unpaired) electrons.